The van der Waals surface area contributed by atoms with Crippen molar-refractivity contribution < 1.29 is 14.4 Å². The number of hydrogen-bond donors (Lipinski definition) is 1. The zero-order valence-electron chi connectivity index (χ0n) is 7.74. The molecule has 1 aliphatic rings. The summed E-state index contributed by atoms with van der Waals surface area (Å²) in [6.45, 7) is 3.34. The van der Waals surface area contributed by atoms with E-state index in [1.807, 2.05) is 0 Å². The van der Waals surface area contributed by atoms with Gasteiger partial charge in [0.1, 0.15) is 0 Å². The number of allylic oxidation sites excluding steroid dienone is 1. The molecule has 2 rings (SSSR count). The summed E-state index contributed by atoms with van der Waals surface area (Å²) >= 11 is 0. The topological polar surface area (TPSA) is 63.2 Å². The molecule has 0 radical (unpaired) electrons. The van der Waals surface area contributed by atoms with Crippen molar-refractivity contribution in [3.05, 3.63) is 47.5 Å². The molecule has 0 unspecified atom stereocenters. The Labute approximate surface area is 85.6 Å². The van der Waals surface area contributed by atoms with Crippen molar-refractivity contribution in [2.75, 3.05) is 0 Å². The van der Waals surface area contributed by atoms with E-state index in [2.05, 4.69) is 11.9 Å². The maximum atomic E-state index is 11.4. The van der Waals surface area contributed by atoms with Crippen LogP contribution in [0.1, 0.15) is 31.1 Å². The minimum atomic E-state index is -0.527. The van der Waals surface area contributed by atoms with Gasteiger partial charge < -0.3 is 0 Å². The molecule has 0 spiro atoms. The zero-order chi connectivity index (χ0) is 11.0. The number of nitrogens with one attached hydrogen (secondary N) is 1. The molecular formula is C11H7NO3. The Bertz CT molecular complexity index is 503. The first-order chi connectivity index (χ1) is 7.15. The van der Waals surface area contributed by atoms with Gasteiger partial charge in [0.15, 0.2) is 5.78 Å². The minimum Gasteiger partial charge on any atom is -0.289 e. The van der Waals surface area contributed by atoms with Gasteiger partial charge in [0, 0.05) is 5.56 Å². The molecule has 0 saturated carbocycles. The molecule has 2 amide bonds. The monoisotopic (exact) mass is 201 g/mol. The maximum absolute atomic E-state index is 11.4. The summed E-state index contributed by atoms with van der Waals surface area (Å²) in [4.78, 5) is 34.1. The van der Waals surface area contributed by atoms with Crippen LogP contribution in [0.25, 0.3) is 0 Å². The van der Waals surface area contributed by atoms with Crippen molar-refractivity contribution in [1.82, 2.24) is 5.32 Å². The average Bonchev–Trinajstić information content (AvgIpc) is 2.54. The molecule has 74 valence electrons. The molecule has 1 aromatic carbocycles. The number of ketones is 1. The highest BCUT2D eigenvalue weighted by molar-refractivity contribution is 6.26. The lowest BCUT2D eigenvalue weighted by Gasteiger charge is -2.00. The molecule has 1 aromatic rings. The Balaban J connectivity index is 2.70. The summed E-state index contributed by atoms with van der Waals surface area (Å²) < 4.78 is 0. The van der Waals surface area contributed by atoms with Crippen molar-refractivity contribution in [3.8, 4) is 0 Å². The van der Waals surface area contributed by atoms with Crippen LogP contribution in [0.4, 0.5) is 0 Å². The second-order valence-electron chi connectivity index (χ2n) is 3.08. The predicted molar refractivity (Wildman–Crippen MR) is 52.8 cm³/mol. The van der Waals surface area contributed by atoms with Crippen LogP contribution in [0.2, 0.25) is 0 Å². The molecule has 0 bridgehead atoms. The Hall–Kier alpha value is -2.23. The second-order valence-corrected chi connectivity index (χ2v) is 3.08. The van der Waals surface area contributed by atoms with Gasteiger partial charge in [-0.15, -0.1) is 0 Å². The lowest BCUT2D eigenvalue weighted by molar-refractivity contribution is 0.0876. The fourth-order valence-corrected chi connectivity index (χ4v) is 1.53. The van der Waals surface area contributed by atoms with Crippen LogP contribution >= 0.6 is 0 Å². The third-order valence-corrected chi connectivity index (χ3v) is 2.21. The van der Waals surface area contributed by atoms with Gasteiger partial charge in [-0.1, -0.05) is 18.7 Å². The number of hydrogen-bond acceptors (Lipinski definition) is 3. The van der Waals surface area contributed by atoms with E-state index in [0.717, 1.165) is 6.08 Å². The third-order valence-electron chi connectivity index (χ3n) is 2.21. The number of carbonyl (C=O) groups excluding carboxylic acids is 3. The first-order valence-electron chi connectivity index (χ1n) is 4.30. The molecule has 0 aliphatic carbocycles. The van der Waals surface area contributed by atoms with Gasteiger partial charge in [-0.3, -0.25) is 19.7 Å². The van der Waals surface area contributed by atoms with E-state index in [1.165, 1.54) is 12.1 Å². The Morgan fingerprint density at radius 1 is 1.27 bits per heavy atom. The zero-order valence-corrected chi connectivity index (χ0v) is 7.74. The number of rotatable bonds is 2. The first-order valence-corrected chi connectivity index (χ1v) is 4.30. The molecule has 1 N–H and O–H groups in total. The largest absolute Gasteiger partial charge is 0.289 e. The predicted octanol–water partition coefficient (Wildman–Crippen LogP) is 0.939. The quantitative estimate of drug-likeness (QED) is 0.440. The third kappa shape index (κ3) is 1.27. The van der Waals surface area contributed by atoms with Gasteiger partial charge in [0.25, 0.3) is 11.8 Å². The van der Waals surface area contributed by atoms with Crippen LogP contribution in [0, 0.1) is 0 Å². The van der Waals surface area contributed by atoms with Crippen LogP contribution in [0.5, 0.6) is 0 Å². The number of imide groups is 1. The fraction of sp³-hybridized carbons (Fsp3) is 0. The lowest BCUT2D eigenvalue weighted by atomic mass is 10.00. The van der Waals surface area contributed by atoms with Gasteiger partial charge in [0.2, 0.25) is 0 Å². The lowest BCUT2D eigenvalue weighted by Crippen LogP contribution is -2.20. The summed E-state index contributed by atoms with van der Waals surface area (Å²) in [5.74, 6) is -1.36. The molecule has 1 heterocycles. The minimum absolute atomic E-state index is 0.146. The maximum Gasteiger partial charge on any atom is 0.259 e. The van der Waals surface area contributed by atoms with Gasteiger partial charge in [-0.05, 0) is 12.1 Å². The molecule has 0 aromatic heterocycles. The van der Waals surface area contributed by atoms with E-state index in [0.29, 0.717) is 0 Å². The highest BCUT2D eigenvalue weighted by Crippen LogP contribution is 2.20. The highest BCUT2D eigenvalue weighted by atomic mass is 16.2. The molecule has 0 saturated heterocycles. The summed E-state index contributed by atoms with van der Waals surface area (Å²) in [5, 5.41) is 2.14. The number of benzene rings is 1. The van der Waals surface area contributed by atoms with E-state index in [1.54, 1.807) is 6.07 Å². The van der Waals surface area contributed by atoms with Crippen LogP contribution in [-0.2, 0) is 0 Å². The molecule has 15 heavy (non-hydrogen) atoms. The molecule has 1 aliphatic heterocycles. The van der Waals surface area contributed by atoms with Gasteiger partial charge in [0.05, 0.1) is 11.1 Å². The Kier molecular flexibility index (Phi) is 1.97. The normalized spacial score (nSPS) is 13.3. The molecule has 4 nitrogen and oxygen atoms in total. The van der Waals surface area contributed by atoms with Crippen LogP contribution < -0.4 is 5.32 Å². The van der Waals surface area contributed by atoms with Crippen molar-refractivity contribution in [2.24, 2.45) is 0 Å². The van der Waals surface area contributed by atoms with Crippen molar-refractivity contribution in [1.29, 1.82) is 0 Å². The smallest absolute Gasteiger partial charge is 0.259 e. The number of amides is 2. The van der Waals surface area contributed by atoms with E-state index in [9.17, 15) is 14.4 Å². The van der Waals surface area contributed by atoms with E-state index >= 15 is 0 Å². The van der Waals surface area contributed by atoms with Crippen LogP contribution in [-0.4, -0.2) is 17.6 Å². The van der Waals surface area contributed by atoms with Crippen molar-refractivity contribution in [2.45, 2.75) is 0 Å². The van der Waals surface area contributed by atoms with E-state index in [4.69, 9.17) is 0 Å². The summed E-state index contributed by atoms with van der Waals surface area (Å²) in [6.07, 6.45) is 1.12. The number of carbonyl (C=O) groups is 3. The average molecular weight is 201 g/mol. The summed E-state index contributed by atoms with van der Waals surface area (Å²) in [6, 6.07) is 4.57. The van der Waals surface area contributed by atoms with Crippen LogP contribution in [0.15, 0.2) is 30.9 Å². The van der Waals surface area contributed by atoms with Gasteiger partial charge in [-0.2, -0.15) is 0 Å². The molecular weight excluding hydrogens is 194 g/mol. The van der Waals surface area contributed by atoms with Crippen molar-refractivity contribution in [3.63, 3.8) is 0 Å². The standard InChI is InChI=1S/C11H7NO3/c1-2-8(13)6-4-3-5-7-9(6)11(15)12-10(7)14/h2-5H,1H2,(H,12,14,15). The summed E-state index contributed by atoms with van der Waals surface area (Å²) in [5.41, 5.74) is 0.603. The Morgan fingerprint density at radius 2 is 2.00 bits per heavy atom. The van der Waals surface area contributed by atoms with Gasteiger partial charge >= 0.3 is 0 Å². The number of fused-ring (bicyclic) bond motifs is 1. The van der Waals surface area contributed by atoms with Crippen molar-refractivity contribution >= 4 is 17.6 Å². The molecule has 0 fully saturated rings. The van der Waals surface area contributed by atoms with E-state index < -0.39 is 11.8 Å². The van der Waals surface area contributed by atoms with Gasteiger partial charge in [-0.25, -0.2) is 0 Å². The van der Waals surface area contributed by atoms with E-state index in [-0.39, 0.29) is 22.5 Å². The first kappa shape index (κ1) is 9.33. The molecule has 0 atom stereocenters. The SMILES string of the molecule is C=CC(=O)c1cccc2c1C(=O)NC2=O. The second kappa shape index (κ2) is 3.16. The summed E-state index contributed by atoms with van der Waals surface area (Å²) in [7, 11) is 0. The Morgan fingerprint density at radius 3 is 2.67 bits per heavy atom. The fourth-order valence-electron chi connectivity index (χ4n) is 1.53. The highest BCUT2D eigenvalue weighted by Gasteiger charge is 2.30. The molecule has 4 heteroatoms. The van der Waals surface area contributed by atoms with Crippen LogP contribution in [0.3, 0.4) is 0 Å².